The molecule has 0 saturated carbocycles. The fourth-order valence-electron chi connectivity index (χ4n) is 10.3. The van der Waals surface area contributed by atoms with Crippen LogP contribution in [-0.4, -0.2) is 33.1 Å². The molecule has 0 radical (unpaired) electrons. The molecule has 6 nitrogen and oxygen atoms in total. The van der Waals surface area contributed by atoms with Crippen molar-refractivity contribution >= 4 is 55.7 Å². The van der Waals surface area contributed by atoms with Gasteiger partial charge in [0.1, 0.15) is 17.5 Å². The number of pyridine rings is 3. The van der Waals surface area contributed by atoms with Crippen LogP contribution in [0.15, 0.2) is 249 Å². The molecule has 0 fully saturated rings. The fraction of sp³-hybridized carbons (Fsp3) is 0.366. The Morgan fingerprint density at radius 2 is 0.931 bits per heavy atom. The molecular formula is C93H120F2N6. The zero-order valence-corrected chi connectivity index (χ0v) is 65.6. The van der Waals surface area contributed by atoms with Crippen molar-refractivity contribution in [3.05, 3.63) is 294 Å². The summed E-state index contributed by atoms with van der Waals surface area (Å²) in [6.07, 6.45) is 7.08. The molecule has 0 amide bonds. The Balaban J connectivity index is 0.000000209. The minimum absolute atomic E-state index is 0.0290. The summed E-state index contributed by atoms with van der Waals surface area (Å²) in [4.78, 5) is 13.0. The molecule has 3 N–H and O–H groups in total. The van der Waals surface area contributed by atoms with E-state index in [1.165, 1.54) is 61.1 Å². The van der Waals surface area contributed by atoms with Crippen molar-refractivity contribution in [2.24, 2.45) is 10.8 Å². The number of anilines is 3. The van der Waals surface area contributed by atoms with Crippen LogP contribution in [-0.2, 0) is 27.1 Å². The van der Waals surface area contributed by atoms with Gasteiger partial charge in [0.2, 0.25) is 0 Å². The summed E-state index contributed by atoms with van der Waals surface area (Å²) in [5.41, 5.74) is 11.8. The standard InChI is InChI=1S/2C14H16.C13H15N.C12H14F2.C12H18N2.C10H14.C9H14N2.C9H13N/c1-14(2,3)13-10-6-8-11-7-4-5-9-12(11)13;1-14(2,3)13-9-8-11-6-4-5-7-12(11)10-13;1-13(2,3)12-9-8-10-6-4-5-7-11(10)14-12;1-12(2,3)7-6-9-8-10(13)4-5-11(9)14;1-12(2,3)11-8-13-9-6-4-5-7-10(9)14-11;1-10(2,3)9-7-5-4-6-8-9;1-9(2,3)11-8-6-4-5-7-10-8;1-9(2,3)8-6-4-5-7-10-8/h2*4-10H,1-3H3;4-9H,1-3H3;4-8H,1-3H3;4-7,11,13-14H,8H2,1-3H3;4-8H,1-3H3;4-7H,1-3H3,(H,10,11);4-7H,1-3H3/b;;;7-6+;;;;. The first-order valence-corrected chi connectivity index (χ1v) is 35.7. The lowest BCUT2D eigenvalue weighted by Crippen LogP contribution is -2.42. The van der Waals surface area contributed by atoms with E-state index in [0.717, 1.165) is 41.4 Å². The molecule has 8 heteroatoms. The molecule has 1 atom stereocenters. The van der Waals surface area contributed by atoms with Crippen molar-refractivity contribution in [1.29, 1.82) is 0 Å². The molecule has 4 heterocycles. The molecule has 1 unspecified atom stereocenters. The molecule has 1 aliphatic heterocycles. The van der Waals surface area contributed by atoms with E-state index in [1.807, 2.05) is 75.5 Å². The van der Waals surface area contributed by atoms with Gasteiger partial charge < -0.3 is 16.0 Å². The van der Waals surface area contributed by atoms with Crippen LogP contribution in [0.5, 0.6) is 0 Å². The number of aromatic nitrogens is 3. The zero-order chi connectivity index (χ0) is 75.0. The first-order chi connectivity index (χ1) is 47.0. The van der Waals surface area contributed by atoms with Gasteiger partial charge in [-0.15, -0.1) is 0 Å². The normalized spacial score (nSPS) is 13.0. The van der Waals surface area contributed by atoms with Crippen LogP contribution in [0.3, 0.4) is 0 Å². The summed E-state index contributed by atoms with van der Waals surface area (Å²) in [6.45, 7) is 53.4. The third-order valence-electron chi connectivity index (χ3n) is 16.3. The SMILES string of the molecule is CC(C)(C)/C=C/c1cc(F)ccc1F.CC(C)(C)C1CNc2ccccc2N1.CC(C)(C)Nc1ccccn1.CC(C)(C)c1ccc2ccccc2c1.CC(C)(C)c1ccc2ccccc2n1.CC(C)(C)c1cccc2ccccc12.CC(C)(C)c1ccccc1.CC(C)(C)c1ccccn1. The van der Waals surface area contributed by atoms with Crippen molar-refractivity contribution in [2.45, 2.75) is 205 Å². The number of para-hydroxylation sites is 3. The highest BCUT2D eigenvalue weighted by Crippen LogP contribution is 2.33. The van der Waals surface area contributed by atoms with E-state index in [0.29, 0.717) is 22.4 Å². The third kappa shape index (κ3) is 29.6. The smallest absolute Gasteiger partial charge is 0.130 e. The second kappa shape index (κ2) is 36.5. The van der Waals surface area contributed by atoms with Crippen molar-refractivity contribution in [2.75, 3.05) is 22.5 Å². The van der Waals surface area contributed by atoms with E-state index in [2.05, 4.69) is 346 Å². The van der Waals surface area contributed by atoms with Gasteiger partial charge in [0.25, 0.3) is 0 Å². The lowest BCUT2D eigenvalue weighted by molar-refractivity contribution is 0.348. The Labute approximate surface area is 608 Å². The first-order valence-electron chi connectivity index (χ1n) is 35.7. The van der Waals surface area contributed by atoms with Crippen molar-refractivity contribution in [3.63, 3.8) is 0 Å². The minimum atomic E-state index is -0.417. The van der Waals surface area contributed by atoms with E-state index in [1.54, 1.807) is 12.3 Å². The zero-order valence-electron chi connectivity index (χ0n) is 65.6. The van der Waals surface area contributed by atoms with Crippen LogP contribution in [0.4, 0.5) is 26.0 Å². The van der Waals surface area contributed by atoms with E-state index < -0.39 is 11.6 Å². The third-order valence-corrected chi connectivity index (χ3v) is 16.3. The maximum Gasteiger partial charge on any atom is 0.130 e. The lowest BCUT2D eigenvalue weighted by Gasteiger charge is -2.37. The number of allylic oxidation sites excluding steroid dienone is 1. The van der Waals surface area contributed by atoms with Gasteiger partial charge in [-0.2, -0.15) is 0 Å². The minimum Gasteiger partial charge on any atom is -0.381 e. The molecule has 11 aromatic rings. The summed E-state index contributed by atoms with van der Waals surface area (Å²) in [7, 11) is 0. The van der Waals surface area contributed by atoms with E-state index >= 15 is 0 Å². The van der Waals surface area contributed by atoms with Crippen LogP contribution < -0.4 is 16.0 Å². The maximum absolute atomic E-state index is 13.1. The Morgan fingerprint density at radius 1 is 0.406 bits per heavy atom. The lowest BCUT2D eigenvalue weighted by atomic mass is 9.84. The van der Waals surface area contributed by atoms with Gasteiger partial charge in [-0.3, -0.25) is 9.97 Å². The average Bonchev–Trinajstić information content (AvgIpc) is 0.804. The topological polar surface area (TPSA) is 74.8 Å². The predicted molar refractivity (Wildman–Crippen MR) is 438 cm³/mol. The van der Waals surface area contributed by atoms with Gasteiger partial charge in [0.15, 0.2) is 0 Å². The predicted octanol–water partition coefficient (Wildman–Crippen LogP) is 26.4. The van der Waals surface area contributed by atoms with Crippen LogP contribution >= 0.6 is 0 Å². The molecule has 101 heavy (non-hydrogen) atoms. The second-order valence-electron chi connectivity index (χ2n) is 34.3. The monoisotopic (exact) mass is 1360 g/mol. The largest absolute Gasteiger partial charge is 0.381 e. The van der Waals surface area contributed by atoms with Crippen molar-refractivity contribution in [1.82, 2.24) is 15.0 Å². The van der Waals surface area contributed by atoms with Crippen LogP contribution in [0.2, 0.25) is 0 Å². The Hall–Kier alpha value is -9.01. The van der Waals surface area contributed by atoms with Crippen LogP contribution in [0.25, 0.3) is 38.5 Å². The highest BCUT2D eigenvalue weighted by Gasteiger charge is 2.28. The number of benzene rings is 8. The Bertz CT molecular complexity index is 4120. The van der Waals surface area contributed by atoms with Gasteiger partial charge in [-0.25, -0.2) is 13.8 Å². The Kier molecular flexibility index (Phi) is 29.9. The molecular weight excluding hydrogens is 1240 g/mol. The first kappa shape index (κ1) is 82.7. The molecule has 0 spiro atoms. The molecule has 8 aromatic carbocycles. The van der Waals surface area contributed by atoms with Crippen molar-refractivity contribution in [3.8, 4) is 0 Å². The van der Waals surface area contributed by atoms with Gasteiger partial charge in [0.05, 0.1) is 16.9 Å². The van der Waals surface area contributed by atoms with Gasteiger partial charge in [0, 0.05) is 63.7 Å². The maximum atomic E-state index is 13.1. The van der Waals surface area contributed by atoms with Gasteiger partial charge in [-0.05, 0) is 153 Å². The number of nitrogens with zero attached hydrogens (tertiary/aromatic N) is 3. The molecule has 3 aromatic heterocycles. The second-order valence-corrected chi connectivity index (χ2v) is 34.3. The Morgan fingerprint density at radius 3 is 1.47 bits per heavy atom. The van der Waals surface area contributed by atoms with Crippen LogP contribution in [0.1, 0.15) is 200 Å². The molecule has 12 rings (SSSR count). The molecule has 536 valence electrons. The van der Waals surface area contributed by atoms with Crippen LogP contribution in [0, 0.1) is 22.5 Å². The number of fused-ring (bicyclic) bond motifs is 4. The number of nitrogens with one attached hydrogen (secondary N) is 3. The summed E-state index contributed by atoms with van der Waals surface area (Å²) in [5, 5.41) is 16.9. The number of rotatable bonds is 2. The van der Waals surface area contributed by atoms with Gasteiger partial charge >= 0.3 is 0 Å². The van der Waals surface area contributed by atoms with Gasteiger partial charge in [-0.1, -0.05) is 321 Å². The van der Waals surface area contributed by atoms with E-state index in [4.69, 9.17) is 0 Å². The summed E-state index contributed by atoms with van der Waals surface area (Å²) < 4.78 is 25.9. The average molecular weight is 1360 g/mol. The molecule has 1 aliphatic rings. The number of hydrogen-bond acceptors (Lipinski definition) is 6. The fourth-order valence-corrected chi connectivity index (χ4v) is 10.3. The molecule has 0 saturated heterocycles. The highest BCUT2D eigenvalue weighted by atomic mass is 19.1. The van der Waals surface area contributed by atoms with E-state index in [-0.39, 0.29) is 32.6 Å². The molecule has 0 bridgehead atoms. The quantitative estimate of drug-likeness (QED) is 0.160. The highest BCUT2D eigenvalue weighted by molar-refractivity contribution is 5.86. The van der Waals surface area contributed by atoms with E-state index in [9.17, 15) is 8.78 Å². The number of hydrogen-bond donors (Lipinski definition) is 3. The number of halogens is 2. The van der Waals surface area contributed by atoms with Crippen molar-refractivity contribution < 1.29 is 8.78 Å². The summed E-state index contributed by atoms with van der Waals surface area (Å²) in [5.74, 6) is 0.117. The summed E-state index contributed by atoms with van der Waals surface area (Å²) >= 11 is 0. The molecule has 0 aliphatic carbocycles. The summed E-state index contributed by atoms with van der Waals surface area (Å²) in [6, 6.07) is 77.5.